The number of ether oxygens (including phenoxy) is 1. The maximum Gasteiger partial charge on any atom is 0.195 e. The number of hydrogen-bond acceptors (Lipinski definition) is 6. The van der Waals surface area contributed by atoms with Crippen LogP contribution in [-0.4, -0.2) is 39.3 Å². The topological polar surface area (TPSA) is 86.2 Å². The Labute approximate surface area is 122 Å². The molecule has 0 saturated heterocycles. The quantitative estimate of drug-likeness (QED) is 0.589. The van der Waals surface area contributed by atoms with E-state index in [1.165, 1.54) is 0 Å². The first-order valence-corrected chi connectivity index (χ1v) is 7.31. The van der Waals surface area contributed by atoms with E-state index in [2.05, 4.69) is 10.2 Å². The molecule has 1 aromatic carbocycles. The summed E-state index contributed by atoms with van der Waals surface area (Å²) in [5, 5.41) is 17.9. The van der Waals surface area contributed by atoms with E-state index < -0.39 is 0 Å². The Balaban J connectivity index is 2.34. The number of nitrogens with two attached hydrogens (primary N) is 1. The highest BCUT2D eigenvalue weighted by atomic mass is 32.2. The Morgan fingerprint density at radius 1 is 1.40 bits per heavy atom. The standard InChI is InChI=1S/C13H18N4O2S/c1-19-11-5-2-4-10(8-11)17-12(9-14)15-16-13(17)20-7-3-6-18/h2,4-5,8,18H,3,6-7,9,14H2,1H3. The van der Waals surface area contributed by atoms with Crippen LogP contribution in [0.25, 0.3) is 5.69 Å². The summed E-state index contributed by atoms with van der Waals surface area (Å²) in [5.41, 5.74) is 6.64. The van der Waals surface area contributed by atoms with Crippen LogP contribution >= 0.6 is 11.8 Å². The van der Waals surface area contributed by atoms with Gasteiger partial charge >= 0.3 is 0 Å². The number of hydrogen-bond donors (Lipinski definition) is 2. The predicted octanol–water partition coefficient (Wildman–Crippen LogP) is 1.21. The zero-order valence-corrected chi connectivity index (χ0v) is 12.1. The van der Waals surface area contributed by atoms with Gasteiger partial charge in [0.05, 0.1) is 19.3 Å². The average molecular weight is 294 g/mol. The van der Waals surface area contributed by atoms with Gasteiger partial charge in [0, 0.05) is 18.4 Å². The van der Waals surface area contributed by atoms with E-state index in [-0.39, 0.29) is 6.61 Å². The van der Waals surface area contributed by atoms with Gasteiger partial charge in [-0.25, -0.2) is 0 Å². The van der Waals surface area contributed by atoms with Crippen LogP contribution in [0.3, 0.4) is 0 Å². The molecule has 1 aromatic heterocycles. The van der Waals surface area contributed by atoms with Gasteiger partial charge in [-0.15, -0.1) is 10.2 Å². The van der Waals surface area contributed by atoms with Crippen LogP contribution in [0, 0.1) is 0 Å². The van der Waals surface area contributed by atoms with Crippen molar-refractivity contribution < 1.29 is 9.84 Å². The van der Waals surface area contributed by atoms with Crippen molar-refractivity contribution in [1.82, 2.24) is 14.8 Å². The van der Waals surface area contributed by atoms with Gasteiger partial charge in [-0.3, -0.25) is 4.57 Å². The molecule has 6 nitrogen and oxygen atoms in total. The summed E-state index contributed by atoms with van der Waals surface area (Å²) < 4.78 is 7.16. The van der Waals surface area contributed by atoms with Crippen molar-refractivity contribution in [3.8, 4) is 11.4 Å². The third kappa shape index (κ3) is 3.30. The molecule has 0 atom stereocenters. The van der Waals surface area contributed by atoms with Gasteiger partial charge in [0.25, 0.3) is 0 Å². The number of thioether (sulfide) groups is 1. The third-order valence-corrected chi connectivity index (χ3v) is 3.74. The summed E-state index contributed by atoms with van der Waals surface area (Å²) in [6, 6.07) is 7.67. The number of aliphatic hydroxyl groups is 1. The van der Waals surface area contributed by atoms with Gasteiger partial charge in [-0.05, 0) is 18.6 Å². The normalized spacial score (nSPS) is 10.8. The Kier molecular flexibility index (Phi) is 5.40. The minimum absolute atomic E-state index is 0.171. The second kappa shape index (κ2) is 7.28. The minimum atomic E-state index is 0.171. The molecule has 108 valence electrons. The fourth-order valence-corrected chi connectivity index (χ4v) is 2.66. The summed E-state index contributed by atoms with van der Waals surface area (Å²) in [7, 11) is 1.63. The molecule has 2 rings (SSSR count). The Morgan fingerprint density at radius 3 is 2.95 bits per heavy atom. The van der Waals surface area contributed by atoms with E-state index in [4.69, 9.17) is 15.6 Å². The van der Waals surface area contributed by atoms with Crippen LogP contribution in [-0.2, 0) is 6.54 Å². The van der Waals surface area contributed by atoms with Crippen LogP contribution < -0.4 is 10.5 Å². The molecule has 1 heterocycles. The van der Waals surface area contributed by atoms with E-state index >= 15 is 0 Å². The average Bonchev–Trinajstić information content (AvgIpc) is 2.90. The van der Waals surface area contributed by atoms with Gasteiger partial charge in [0.2, 0.25) is 0 Å². The molecule has 0 bridgehead atoms. The highest BCUT2D eigenvalue weighted by Crippen LogP contribution is 2.24. The van der Waals surface area contributed by atoms with E-state index in [9.17, 15) is 0 Å². The van der Waals surface area contributed by atoms with Gasteiger partial charge in [0.1, 0.15) is 5.75 Å². The van der Waals surface area contributed by atoms with E-state index in [0.29, 0.717) is 18.8 Å². The Morgan fingerprint density at radius 2 is 2.25 bits per heavy atom. The highest BCUT2D eigenvalue weighted by Gasteiger charge is 2.13. The first-order valence-electron chi connectivity index (χ1n) is 6.32. The fraction of sp³-hybridized carbons (Fsp3) is 0.385. The molecule has 0 spiro atoms. The van der Waals surface area contributed by atoms with Crippen LogP contribution in [0.1, 0.15) is 12.2 Å². The van der Waals surface area contributed by atoms with Gasteiger partial charge in [-0.1, -0.05) is 17.8 Å². The summed E-state index contributed by atoms with van der Waals surface area (Å²) >= 11 is 1.55. The Hall–Kier alpha value is -1.57. The zero-order valence-electron chi connectivity index (χ0n) is 11.3. The molecule has 0 aliphatic heterocycles. The molecular formula is C13H18N4O2S. The van der Waals surface area contributed by atoms with E-state index in [0.717, 1.165) is 22.3 Å². The molecule has 0 saturated carbocycles. The van der Waals surface area contributed by atoms with E-state index in [1.54, 1.807) is 18.9 Å². The van der Waals surface area contributed by atoms with Crippen molar-refractivity contribution in [2.45, 2.75) is 18.1 Å². The van der Waals surface area contributed by atoms with Crippen LogP contribution in [0.15, 0.2) is 29.4 Å². The molecule has 0 amide bonds. The molecule has 0 fully saturated rings. The summed E-state index contributed by atoms with van der Waals surface area (Å²) in [6.07, 6.45) is 0.716. The van der Waals surface area contributed by atoms with Crippen molar-refractivity contribution in [2.24, 2.45) is 5.73 Å². The number of nitrogens with zero attached hydrogens (tertiary/aromatic N) is 3. The monoisotopic (exact) mass is 294 g/mol. The SMILES string of the molecule is COc1cccc(-n2c(CN)nnc2SCCCO)c1. The molecule has 0 aliphatic rings. The maximum absolute atomic E-state index is 8.86. The number of aliphatic hydroxyl groups excluding tert-OH is 1. The van der Waals surface area contributed by atoms with Crippen molar-refractivity contribution >= 4 is 11.8 Å². The second-order valence-corrected chi connectivity index (χ2v) is 5.13. The number of rotatable bonds is 7. The molecule has 2 aromatic rings. The lowest BCUT2D eigenvalue weighted by Crippen LogP contribution is -2.08. The molecule has 7 heteroatoms. The number of methoxy groups -OCH3 is 1. The third-order valence-electron chi connectivity index (χ3n) is 2.73. The lowest BCUT2D eigenvalue weighted by atomic mass is 10.3. The predicted molar refractivity (Wildman–Crippen MR) is 78.2 cm³/mol. The molecule has 3 N–H and O–H groups in total. The van der Waals surface area contributed by atoms with Crippen LogP contribution in [0.4, 0.5) is 0 Å². The Bertz CT molecular complexity index is 559. The van der Waals surface area contributed by atoms with Crippen molar-refractivity contribution in [3.05, 3.63) is 30.1 Å². The van der Waals surface area contributed by atoms with E-state index in [1.807, 2.05) is 28.8 Å². The first kappa shape index (κ1) is 14.8. The molecule has 20 heavy (non-hydrogen) atoms. The molecule has 0 radical (unpaired) electrons. The fourth-order valence-electron chi connectivity index (χ4n) is 1.76. The highest BCUT2D eigenvalue weighted by molar-refractivity contribution is 7.99. The van der Waals surface area contributed by atoms with Gasteiger partial charge < -0.3 is 15.6 Å². The lowest BCUT2D eigenvalue weighted by Gasteiger charge is -2.10. The molecule has 0 aliphatic carbocycles. The summed E-state index contributed by atoms with van der Waals surface area (Å²) in [6.45, 7) is 0.481. The van der Waals surface area contributed by atoms with Gasteiger partial charge in [0.15, 0.2) is 11.0 Å². The smallest absolute Gasteiger partial charge is 0.195 e. The molecular weight excluding hydrogens is 276 g/mol. The maximum atomic E-state index is 8.86. The minimum Gasteiger partial charge on any atom is -0.497 e. The van der Waals surface area contributed by atoms with Gasteiger partial charge in [-0.2, -0.15) is 0 Å². The van der Waals surface area contributed by atoms with Crippen molar-refractivity contribution in [1.29, 1.82) is 0 Å². The summed E-state index contributed by atoms with van der Waals surface area (Å²) in [4.78, 5) is 0. The van der Waals surface area contributed by atoms with Crippen LogP contribution in [0.2, 0.25) is 0 Å². The van der Waals surface area contributed by atoms with Crippen molar-refractivity contribution in [3.63, 3.8) is 0 Å². The largest absolute Gasteiger partial charge is 0.497 e. The zero-order chi connectivity index (χ0) is 14.4. The number of benzene rings is 1. The first-order chi connectivity index (χ1) is 9.80. The summed E-state index contributed by atoms with van der Waals surface area (Å²) in [5.74, 6) is 2.25. The van der Waals surface area contributed by atoms with Crippen molar-refractivity contribution in [2.75, 3.05) is 19.5 Å². The number of aromatic nitrogens is 3. The van der Waals surface area contributed by atoms with Crippen LogP contribution in [0.5, 0.6) is 5.75 Å². The molecule has 0 unspecified atom stereocenters. The second-order valence-electron chi connectivity index (χ2n) is 4.07. The lowest BCUT2D eigenvalue weighted by molar-refractivity contribution is 0.296.